The normalized spacial score (nSPS) is 12.1. The Hall–Kier alpha value is -1.73. The first-order chi connectivity index (χ1) is 11.0. The molecule has 0 atom stereocenters. The van der Waals surface area contributed by atoms with Crippen LogP contribution in [0.2, 0.25) is 0 Å². The monoisotopic (exact) mass is 356 g/mol. The van der Waals surface area contributed by atoms with Gasteiger partial charge in [0.2, 0.25) is 0 Å². The Morgan fingerprint density at radius 3 is 2.65 bits per heavy atom. The van der Waals surface area contributed by atoms with Crippen molar-refractivity contribution < 1.29 is 18.6 Å². The molecule has 9 heteroatoms. The van der Waals surface area contributed by atoms with Crippen LogP contribution >= 0.6 is 6.64 Å². The van der Waals surface area contributed by atoms with E-state index in [2.05, 4.69) is 10.3 Å². The molecule has 0 saturated heterocycles. The van der Waals surface area contributed by atoms with Gasteiger partial charge in [0, 0.05) is 0 Å². The number of hydrogen-bond acceptors (Lipinski definition) is 7. The predicted molar refractivity (Wildman–Crippen MR) is 92.4 cm³/mol. The highest BCUT2D eigenvalue weighted by Crippen LogP contribution is 2.43. The van der Waals surface area contributed by atoms with Gasteiger partial charge >= 0.3 is 12.3 Å². The van der Waals surface area contributed by atoms with E-state index in [1.807, 2.05) is 0 Å². The predicted octanol–water partition coefficient (Wildman–Crippen LogP) is 2.72. The number of hydrazone groups is 1. The van der Waals surface area contributed by atoms with Gasteiger partial charge < -0.3 is 18.6 Å². The number of fused-ring (bicyclic) bond motifs is 1. The average molecular weight is 356 g/mol. The smallest absolute Gasteiger partial charge is 0.349 e. The molecule has 0 unspecified atom stereocenters. The molecule has 0 bridgehead atoms. The lowest BCUT2D eigenvalue weighted by molar-refractivity contribution is 0.259. The van der Waals surface area contributed by atoms with E-state index in [0.717, 1.165) is 6.21 Å². The summed E-state index contributed by atoms with van der Waals surface area (Å²) in [6.45, 7) is 1.54. The molecular formula is C14H17N2O5PS. The van der Waals surface area contributed by atoms with Gasteiger partial charge in [0.1, 0.15) is 16.9 Å². The summed E-state index contributed by atoms with van der Waals surface area (Å²) in [5, 5.41) is 17.1. The molecule has 2 aromatic rings. The van der Waals surface area contributed by atoms with Crippen LogP contribution in [-0.4, -0.2) is 24.5 Å². The van der Waals surface area contributed by atoms with Gasteiger partial charge in [0.15, 0.2) is 0 Å². The Morgan fingerprint density at radius 2 is 2.00 bits per heavy atom. The van der Waals surface area contributed by atoms with Gasteiger partial charge in [0.05, 0.1) is 24.8 Å². The molecule has 1 aromatic carbocycles. The van der Waals surface area contributed by atoms with E-state index in [0.29, 0.717) is 24.2 Å². The lowest BCUT2D eigenvalue weighted by atomic mass is 10.1. The minimum Gasteiger partial charge on any atom is -0.506 e. The van der Waals surface area contributed by atoms with E-state index in [1.165, 1.54) is 0 Å². The van der Waals surface area contributed by atoms with Gasteiger partial charge in [0.25, 0.3) is 0 Å². The molecule has 0 amide bonds. The van der Waals surface area contributed by atoms with Crippen molar-refractivity contribution in [1.82, 2.24) is 5.20 Å². The fourth-order valence-electron chi connectivity index (χ4n) is 1.86. The fourth-order valence-corrected chi connectivity index (χ4v) is 3.70. The molecule has 23 heavy (non-hydrogen) atoms. The second-order valence-corrected chi connectivity index (χ2v) is 7.49. The molecule has 1 aromatic heterocycles. The number of nitrogens with one attached hydrogen (secondary N) is 1. The van der Waals surface area contributed by atoms with E-state index in [9.17, 15) is 9.90 Å². The molecule has 124 valence electrons. The maximum Gasteiger partial charge on any atom is 0.349 e. The SMILES string of the molecule is CCOP(=S)(NN=Cc1c(O)c2ccccc2oc1=O)OCC. The summed E-state index contributed by atoms with van der Waals surface area (Å²) >= 11 is 5.24. The van der Waals surface area contributed by atoms with Crippen molar-refractivity contribution in [3.05, 3.63) is 40.2 Å². The first kappa shape index (κ1) is 17.6. The Labute approximate surface area is 138 Å². The third-order valence-electron chi connectivity index (χ3n) is 2.79. The summed E-state index contributed by atoms with van der Waals surface area (Å²) in [4.78, 5) is 11.9. The van der Waals surface area contributed by atoms with E-state index in [-0.39, 0.29) is 11.3 Å². The highest BCUT2D eigenvalue weighted by atomic mass is 32.5. The first-order valence-electron chi connectivity index (χ1n) is 6.95. The maximum absolute atomic E-state index is 11.9. The molecule has 0 aliphatic heterocycles. The Kier molecular flexibility index (Phi) is 5.90. The standard InChI is InChI=1S/C14H17N2O5PS/c1-3-19-22(23,20-4-2)16-15-9-11-13(17)10-7-5-6-8-12(10)21-14(11)18/h5-9,17H,3-4H2,1-2H3,(H,16,23). The first-order valence-corrected chi connectivity index (χ1v) is 9.58. The van der Waals surface area contributed by atoms with Crippen LogP contribution in [0.4, 0.5) is 0 Å². The lowest BCUT2D eigenvalue weighted by Gasteiger charge is -2.19. The molecule has 2 N–H and O–H groups in total. The van der Waals surface area contributed by atoms with Crippen LogP contribution in [0.15, 0.2) is 38.6 Å². The lowest BCUT2D eigenvalue weighted by Crippen LogP contribution is -2.12. The third-order valence-corrected chi connectivity index (χ3v) is 5.23. The molecule has 0 fully saturated rings. The molecule has 0 aliphatic carbocycles. The maximum atomic E-state index is 11.9. The average Bonchev–Trinajstić information content (AvgIpc) is 2.51. The van der Waals surface area contributed by atoms with Gasteiger partial charge in [-0.25, -0.2) is 9.99 Å². The molecule has 0 spiro atoms. The zero-order valence-electron chi connectivity index (χ0n) is 12.7. The third kappa shape index (κ3) is 4.17. The van der Waals surface area contributed by atoms with Crippen molar-refractivity contribution in [1.29, 1.82) is 0 Å². The van der Waals surface area contributed by atoms with Crippen LogP contribution in [0.3, 0.4) is 0 Å². The summed E-state index contributed by atoms with van der Waals surface area (Å²) in [7, 11) is 0. The second kappa shape index (κ2) is 7.70. The number of hydrogen-bond donors (Lipinski definition) is 2. The van der Waals surface area contributed by atoms with E-state index >= 15 is 0 Å². The quantitative estimate of drug-likeness (QED) is 0.341. The van der Waals surface area contributed by atoms with Crippen LogP contribution in [0.5, 0.6) is 5.75 Å². The summed E-state index contributed by atoms with van der Waals surface area (Å²) < 4.78 is 15.8. The molecule has 7 nitrogen and oxygen atoms in total. The van der Waals surface area contributed by atoms with Crippen LogP contribution in [0.1, 0.15) is 19.4 Å². The van der Waals surface area contributed by atoms with Crippen LogP contribution in [0.25, 0.3) is 11.0 Å². The van der Waals surface area contributed by atoms with Gasteiger partial charge in [-0.05, 0) is 37.8 Å². The molecule has 2 rings (SSSR count). The van der Waals surface area contributed by atoms with Gasteiger partial charge in [-0.3, -0.25) is 0 Å². The highest BCUT2D eigenvalue weighted by Gasteiger charge is 2.17. The van der Waals surface area contributed by atoms with Gasteiger partial charge in [-0.1, -0.05) is 12.1 Å². The topological polar surface area (TPSA) is 93.3 Å². The zero-order valence-corrected chi connectivity index (χ0v) is 14.4. The number of rotatable bonds is 7. The van der Waals surface area contributed by atoms with Crippen molar-refractivity contribution in [3.8, 4) is 5.75 Å². The van der Waals surface area contributed by atoms with Gasteiger partial charge in [-0.15, -0.1) is 0 Å². The van der Waals surface area contributed by atoms with E-state index < -0.39 is 12.3 Å². The van der Waals surface area contributed by atoms with Crippen molar-refractivity contribution in [2.45, 2.75) is 13.8 Å². The van der Waals surface area contributed by atoms with Gasteiger partial charge in [-0.2, -0.15) is 5.10 Å². The molecule has 0 radical (unpaired) electrons. The summed E-state index contributed by atoms with van der Waals surface area (Å²) in [6.07, 6.45) is 1.15. The summed E-state index contributed by atoms with van der Waals surface area (Å²) in [5.41, 5.74) is -0.479. The molecule has 0 aliphatic rings. The molecular weight excluding hydrogens is 339 g/mol. The van der Waals surface area contributed by atoms with Crippen molar-refractivity contribution in [3.63, 3.8) is 0 Å². The molecule has 1 heterocycles. The van der Waals surface area contributed by atoms with Crippen molar-refractivity contribution in [2.24, 2.45) is 5.10 Å². The van der Waals surface area contributed by atoms with E-state index in [1.54, 1.807) is 38.1 Å². The second-order valence-electron chi connectivity index (χ2n) is 4.34. The summed E-state index contributed by atoms with van der Waals surface area (Å²) in [6, 6.07) is 6.67. The fraction of sp³-hybridized carbons (Fsp3) is 0.286. The highest BCUT2D eigenvalue weighted by molar-refractivity contribution is 8.08. The van der Waals surface area contributed by atoms with Crippen LogP contribution < -0.4 is 10.8 Å². The van der Waals surface area contributed by atoms with Crippen molar-refractivity contribution in [2.75, 3.05) is 13.2 Å². The Bertz CT molecular complexity index is 810. The Balaban J connectivity index is 2.31. The number of para-hydroxylation sites is 1. The minimum atomic E-state index is -2.76. The Morgan fingerprint density at radius 1 is 1.35 bits per heavy atom. The molecule has 0 saturated carbocycles. The number of nitrogens with zero attached hydrogens (tertiary/aromatic N) is 1. The number of aromatic hydroxyl groups is 1. The van der Waals surface area contributed by atoms with Crippen LogP contribution in [0, 0.1) is 0 Å². The van der Waals surface area contributed by atoms with Crippen LogP contribution in [-0.2, 0) is 20.9 Å². The summed E-state index contributed by atoms with van der Waals surface area (Å²) in [5.74, 6) is -0.205. The minimum absolute atomic E-state index is 0.0780. The largest absolute Gasteiger partial charge is 0.506 e. The van der Waals surface area contributed by atoms with Crippen molar-refractivity contribution >= 4 is 35.6 Å². The van der Waals surface area contributed by atoms with E-state index in [4.69, 9.17) is 25.3 Å². The zero-order chi connectivity index (χ0) is 16.9. The number of benzene rings is 1.